The zero-order valence-corrected chi connectivity index (χ0v) is 11.2. The van der Waals surface area contributed by atoms with Gasteiger partial charge < -0.3 is 10.4 Å². The van der Waals surface area contributed by atoms with Crippen molar-refractivity contribution in [2.75, 3.05) is 6.54 Å². The summed E-state index contributed by atoms with van der Waals surface area (Å²) < 4.78 is 0. The molecule has 0 aliphatic heterocycles. The Hall–Kier alpha value is -1.81. The molecule has 19 heavy (non-hydrogen) atoms. The number of amides is 1. The molecule has 0 fully saturated rings. The van der Waals surface area contributed by atoms with E-state index in [1.54, 1.807) is 18.2 Å². The minimum Gasteiger partial charge on any atom is -0.481 e. The monoisotopic (exact) mass is 281 g/mol. The number of rotatable bonds is 7. The Labute approximate surface area is 117 Å². The van der Waals surface area contributed by atoms with Crippen LogP contribution in [0.25, 0.3) is 6.08 Å². The van der Waals surface area contributed by atoms with Crippen molar-refractivity contribution in [3.05, 3.63) is 40.9 Å². The van der Waals surface area contributed by atoms with Crippen LogP contribution >= 0.6 is 11.6 Å². The lowest BCUT2D eigenvalue weighted by molar-refractivity contribution is -0.137. The number of hydrogen-bond acceptors (Lipinski definition) is 2. The van der Waals surface area contributed by atoms with Gasteiger partial charge in [0.2, 0.25) is 5.91 Å². The average molecular weight is 282 g/mol. The van der Waals surface area contributed by atoms with Gasteiger partial charge >= 0.3 is 5.97 Å². The van der Waals surface area contributed by atoms with Gasteiger partial charge in [-0.2, -0.15) is 0 Å². The second-order valence-electron chi connectivity index (χ2n) is 4.03. The lowest BCUT2D eigenvalue weighted by Crippen LogP contribution is -2.22. The number of hydrogen-bond donors (Lipinski definition) is 2. The fourth-order valence-corrected chi connectivity index (χ4v) is 1.54. The SMILES string of the molecule is O=C(O)CCCCNC(=O)C=Cc1ccc(Cl)cc1. The lowest BCUT2D eigenvalue weighted by atomic mass is 10.2. The van der Waals surface area contributed by atoms with E-state index in [9.17, 15) is 9.59 Å². The first-order valence-corrected chi connectivity index (χ1v) is 6.39. The minimum atomic E-state index is -0.811. The molecular weight excluding hydrogens is 266 g/mol. The maximum absolute atomic E-state index is 11.4. The van der Waals surface area contributed by atoms with Crippen LogP contribution in [0.1, 0.15) is 24.8 Å². The highest BCUT2D eigenvalue weighted by Gasteiger charge is 1.98. The number of carbonyl (C=O) groups excluding carboxylic acids is 1. The predicted octanol–water partition coefficient (Wildman–Crippen LogP) is 2.72. The highest BCUT2D eigenvalue weighted by Crippen LogP contribution is 2.10. The third kappa shape index (κ3) is 7.26. The number of carboxylic acids is 1. The van der Waals surface area contributed by atoms with Crippen molar-refractivity contribution < 1.29 is 14.7 Å². The first kappa shape index (κ1) is 15.2. The number of carboxylic acid groups (broad SMARTS) is 1. The van der Waals surface area contributed by atoms with Crippen molar-refractivity contribution in [1.29, 1.82) is 0 Å². The molecule has 0 radical (unpaired) electrons. The summed E-state index contributed by atoms with van der Waals surface area (Å²) in [6.07, 6.45) is 4.50. The zero-order chi connectivity index (χ0) is 14.1. The fraction of sp³-hybridized carbons (Fsp3) is 0.286. The van der Waals surface area contributed by atoms with Gasteiger partial charge in [-0.3, -0.25) is 9.59 Å². The highest BCUT2D eigenvalue weighted by atomic mass is 35.5. The Kier molecular flexibility index (Phi) is 6.68. The molecule has 0 spiro atoms. The van der Waals surface area contributed by atoms with Gasteiger partial charge in [0.25, 0.3) is 0 Å². The van der Waals surface area contributed by atoms with Crippen molar-refractivity contribution in [3.63, 3.8) is 0 Å². The smallest absolute Gasteiger partial charge is 0.303 e. The standard InChI is InChI=1S/C14H16ClNO3/c15-12-7-4-11(5-8-12)6-9-13(17)16-10-2-1-3-14(18)19/h4-9H,1-3,10H2,(H,16,17)(H,18,19). The van der Waals surface area contributed by atoms with Gasteiger partial charge in [0.1, 0.15) is 0 Å². The van der Waals surface area contributed by atoms with E-state index in [1.165, 1.54) is 6.08 Å². The molecule has 0 aliphatic rings. The molecule has 1 aromatic rings. The zero-order valence-electron chi connectivity index (χ0n) is 10.4. The Morgan fingerprint density at radius 3 is 2.53 bits per heavy atom. The summed E-state index contributed by atoms with van der Waals surface area (Å²) in [5.74, 6) is -1.00. The predicted molar refractivity (Wildman–Crippen MR) is 75.0 cm³/mol. The van der Waals surface area contributed by atoms with Gasteiger partial charge in [-0.05, 0) is 36.6 Å². The highest BCUT2D eigenvalue weighted by molar-refractivity contribution is 6.30. The topological polar surface area (TPSA) is 66.4 Å². The van der Waals surface area contributed by atoms with Crippen LogP contribution in [0.15, 0.2) is 30.3 Å². The van der Waals surface area contributed by atoms with Crippen LogP contribution in [0.2, 0.25) is 5.02 Å². The van der Waals surface area contributed by atoms with Crippen molar-refractivity contribution in [1.82, 2.24) is 5.32 Å². The van der Waals surface area contributed by atoms with Gasteiger partial charge in [0.05, 0.1) is 0 Å². The largest absolute Gasteiger partial charge is 0.481 e. The Morgan fingerprint density at radius 1 is 1.21 bits per heavy atom. The van der Waals surface area contributed by atoms with Crippen molar-refractivity contribution in [3.8, 4) is 0 Å². The summed E-state index contributed by atoms with van der Waals surface area (Å²) in [5, 5.41) is 11.8. The molecule has 0 saturated carbocycles. The summed E-state index contributed by atoms with van der Waals surface area (Å²) in [7, 11) is 0. The second kappa shape index (κ2) is 8.32. The number of benzene rings is 1. The van der Waals surface area contributed by atoms with E-state index in [4.69, 9.17) is 16.7 Å². The Morgan fingerprint density at radius 2 is 1.89 bits per heavy atom. The summed E-state index contributed by atoms with van der Waals surface area (Å²) in [6, 6.07) is 7.15. The Bertz CT molecular complexity index is 454. The summed E-state index contributed by atoms with van der Waals surface area (Å²) in [6.45, 7) is 0.483. The summed E-state index contributed by atoms with van der Waals surface area (Å²) >= 11 is 5.75. The van der Waals surface area contributed by atoms with Crippen LogP contribution in [0.4, 0.5) is 0 Å². The van der Waals surface area contributed by atoms with E-state index in [-0.39, 0.29) is 12.3 Å². The average Bonchev–Trinajstić information content (AvgIpc) is 2.37. The molecule has 0 aromatic heterocycles. The molecule has 0 atom stereocenters. The number of aliphatic carboxylic acids is 1. The van der Waals surface area contributed by atoms with Gasteiger partial charge in [0.15, 0.2) is 0 Å². The lowest BCUT2D eigenvalue weighted by Gasteiger charge is -2.00. The normalized spacial score (nSPS) is 10.6. The van der Waals surface area contributed by atoms with Crippen LogP contribution in [0.3, 0.4) is 0 Å². The van der Waals surface area contributed by atoms with Crippen LogP contribution < -0.4 is 5.32 Å². The van der Waals surface area contributed by atoms with Gasteiger partial charge in [-0.1, -0.05) is 23.7 Å². The molecule has 4 nitrogen and oxygen atoms in total. The van der Waals surface area contributed by atoms with E-state index in [1.807, 2.05) is 12.1 Å². The van der Waals surface area contributed by atoms with Gasteiger partial charge in [-0.15, -0.1) is 0 Å². The van der Waals surface area contributed by atoms with Crippen LogP contribution in [-0.2, 0) is 9.59 Å². The summed E-state index contributed by atoms with van der Waals surface area (Å²) in [4.78, 5) is 21.7. The fourth-order valence-electron chi connectivity index (χ4n) is 1.42. The second-order valence-corrected chi connectivity index (χ2v) is 4.46. The van der Waals surface area contributed by atoms with E-state index in [2.05, 4.69) is 5.32 Å². The van der Waals surface area contributed by atoms with Crippen LogP contribution in [-0.4, -0.2) is 23.5 Å². The first-order chi connectivity index (χ1) is 9.08. The quantitative estimate of drug-likeness (QED) is 0.596. The van der Waals surface area contributed by atoms with Crippen LogP contribution in [0.5, 0.6) is 0 Å². The molecule has 0 heterocycles. The molecule has 1 amide bonds. The molecule has 0 unspecified atom stereocenters. The van der Waals surface area contributed by atoms with Gasteiger partial charge in [-0.25, -0.2) is 0 Å². The van der Waals surface area contributed by atoms with E-state index < -0.39 is 5.97 Å². The number of nitrogens with one attached hydrogen (secondary N) is 1. The first-order valence-electron chi connectivity index (χ1n) is 6.01. The molecule has 0 saturated heterocycles. The van der Waals surface area contributed by atoms with Crippen molar-refractivity contribution in [2.45, 2.75) is 19.3 Å². The number of halogens is 1. The number of unbranched alkanes of at least 4 members (excludes halogenated alkanes) is 1. The third-order valence-electron chi connectivity index (χ3n) is 2.41. The maximum atomic E-state index is 11.4. The number of carbonyl (C=O) groups is 2. The molecule has 5 heteroatoms. The Balaban J connectivity index is 2.23. The molecule has 102 valence electrons. The third-order valence-corrected chi connectivity index (χ3v) is 2.67. The van der Waals surface area contributed by atoms with Gasteiger partial charge in [0, 0.05) is 24.1 Å². The minimum absolute atomic E-state index is 0.135. The molecule has 0 aliphatic carbocycles. The van der Waals surface area contributed by atoms with E-state index in [0.717, 1.165) is 5.56 Å². The van der Waals surface area contributed by atoms with Crippen LogP contribution in [0, 0.1) is 0 Å². The van der Waals surface area contributed by atoms with E-state index in [0.29, 0.717) is 24.4 Å². The van der Waals surface area contributed by atoms with E-state index >= 15 is 0 Å². The molecule has 2 N–H and O–H groups in total. The summed E-state index contributed by atoms with van der Waals surface area (Å²) in [5.41, 5.74) is 0.894. The maximum Gasteiger partial charge on any atom is 0.303 e. The molecule has 0 bridgehead atoms. The molecule has 1 aromatic carbocycles. The molecular formula is C14H16ClNO3. The van der Waals surface area contributed by atoms with Crippen molar-refractivity contribution >= 4 is 29.6 Å². The molecule has 1 rings (SSSR count). The van der Waals surface area contributed by atoms with Crippen molar-refractivity contribution in [2.24, 2.45) is 0 Å².